The van der Waals surface area contributed by atoms with Crippen LogP contribution >= 0.6 is 0 Å². The Labute approximate surface area is 132 Å². The number of nitrogens with one attached hydrogen (secondary N) is 1. The van der Waals surface area contributed by atoms with Crippen LogP contribution in [0.1, 0.15) is 48.5 Å². The molecule has 2 rings (SSSR count). The molecule has 0 unspecified atom stereocenters. The average molecular weight is 300 g/mol. The van der Waals surface area contributed by atoms with E-state index in [1.165, 1.54) is 0 Å². The largest absolute Gasteiger partial charge is 0.349 e. The van der Waals surface area contributed by atoms with Gasteiger partial charge in [0.05, 0.1) is 0 Å². The summed E-state index contributed by atoms with van der Waals surface area (Å²) in [5.41, 5.74) is 1.58. The van der Waals surface area contributed by atoms with Gasteiger partial charge in [0.25, 0.3) is 5.91 Å². The van der Waals surface area contributed by atoms with Crippen LogP contribution in [0.15, 0.2) is 30.3 Å². The zero-order chi connectivity index (χ0) is 15.9. The predicted molar refractivity (Wildman–Crippen MR) is 88.5 cm³/mol. The van der Waals surface area contributed by atoms with Gasteiger partial charge in [-0.15, -0.1) is 0 Å². The van der Waals surface area contributed by atoms with Crippen molar-refractivity contribution in [2.45, 2.75) is 38.6 Å². The molecule has 1 aliphatic rings. The Kier molecular flexibility index (Phi) is 5.75. The van der Waals surface area contributed by atoms with Gasteiger partial charge >= 0.3 is 0 Å². The van der Waals surface area contributed by atoms with Crippen LogP contribution in [0.3, 0.4) is 0 Å². The van der Waals surface area contributed by atoms with Gasteiger partial charge in [-0.25, -0.2) is 0 Å². The summed E-state index contributed by atoms with van der Waals surface area (Å²) in [5, 5.41) is 2.96. The fraction of sp³-hybridized carbons (Fsp3) is 0.444. The minimum absolute atomic E-state index is 0.00371. The Bertz CT molecular complexity index is 545. The zero-order valence-corrected chi connectivity index (χ0v) is 13.3. The Morgan fingerprint density at radius 3 is 2.55 bits per heavy atom. The fourth-order valence-corrected chi connectivity index (χ4v) is 2.04. The number of likely N-dealkylation sites (N-methyl/N-ethyl adjacent to an activating group) is 1. The molecule has 0 aliphatic heterocycles. The smallest absolute Gasteiger partial charge is 0.251 e. The molecular formula is C18H24N2O2. The molecule has 0 heterocycles. The van der Waals surface area contributed by atoms with Crippen LogP contribution < -0.4 is 5.32 Å². The molecule has 4 heteroatoms. The normalized spacial score (nSPS) is 14.1. The summed E-state index contributed by atoms with van der Waals surface area (Å²) < 4.78 is 0. The van der Waals surface area contributed by atoms with Crippen LogP contribution in [-0.4, -0.2) is 36.3 Å². The quantitative estimate of drug-likeness (QED) is 0.787. The zero-order valence-electron chi connectivity index (χ0n) is 13.3. The van der Waals surface area contributed by atoms with E-state index in [2.05, 4.69) is 12.2 Å². The first-order valence-electron chi connectivity index (χ1n) is 7.94. The molecule has 118 valence electrons. The highest BCUT2D eigenvalue weighted by Gasteiger charge is 2.23. The topological polar surface area (TPSA) is 49.4 Å². The second-order valence-corrected chi connectivity index (χ2v) is 5.82. The van der Waals surface area contributed by atoms with Crippen molar-refractivity contribution >= 4 is 17.9 Å². The van der Waals surface area contributed by atoms with Crippen LogP contribution in [0, 0.1) is 0 Å². The van der Waals surface area contributed by atoms with Crippen molar-refractivity contribution in [3.8, 4) is 0 Å². The van der Waals surface area contributed by atoms with Crippen molar-refractivity contribution in [2.75, 3.05) is 13.6 Å². The van der Waals surface area contributed by atoms with Gasteiger partial charge in [0.1, 0.15) is 0 Å². The second-order valence-electron chi connectivity index (χ2n) is 5.82. The minimum atomic E-state index is -0.0200. The van der Waals surface area contributed by atoms with Crippen LogP contribution in [0.5, 0.6) is 0 Å². The van der Waals surface area contributed by atoms with E-state index in [0.29, 0.717) is 11.6 Å². The number of hydrogen-bond acceptors (Lipinski definition) is 2. The minimum Gasteiger partial charge on any atom is -0.349 e. The number of carbonyl (C=O) groups is 2. The van der Waals surface area contributed by atoms with Crippen molar-refractivity contribution < 1.29 is 9.59 Å². The fourth-order valence-electron chi connectivity index (χ4n) is 2.04. The highest BCUT2D eigenvalue weighted by molar-refractivity contribution is 5.95. The van der Waals surface area contributed by atoms with Gasteiger partial charge in [-0.1, -0.05) is 25.5 Å². The summed E-state index contributed by atoms with van der Waals surface area (Å²) in [4.78, 5) is 25.5. The molecule has 1 N–H and O–H groups in total. The lowest BCUT2D eigenvalue weighted by Gasteiger charge is -2.13. The molecule has 22 heavy (non-hydrogen) atoms. The summed E-state index contributed by atoms with van der Waals surface area (Å²) in [6, 6.07) is 7.67. The SMILES string of the molecule is CCCCN(C)C(=O)C=Cc1ccc(C(=O)NC2CC2)cc1. The number of unbranched alkanes of at least 4 members (excludes halogenated alkanes) is 1. The van der Waals surface area contributed by atoms with Gasteiger partial charge in [-0.05, 0) is 43.0 Å². The summed E-state index contributed by atoms with van der Waals surface area (Å²) in [6.07, 6.45) is 7.62. The third kappa shape index (κ3) is 5.02. The van der Waals surface area contributed by atoms with Crippen LogP contribution in [0.2, 0.25) is 0 Å². The average Bonchev–Trinajstić information content (AvgIpc) is 3.34. The molecule has 1 saturated carbocycles. The Morgan fingerprint density at radius 1 is 1.27 bits per heavy atom. The summed E-state index contributed by atoms with van der Waals surface area (Å²) in [6.45, 7) is 2.88. The molecule has 0 atom stereocenters. The first-order chi connectivity index (χ1) is 10.6. The Morgan fingerprint density at radius 2 is 1.95 bits per heavy atom. The Balaban J connectivity index is 1.88. The summed E-state index contributed by atoms with van der Waals surface area (Å²) in [7, 11) is 1.81. The van der Waals surface area contributed by atoms with Crippen molar-refractivity contribution in [3.05, 3.63) is 41.5 Å². The van der Waals surface area contributed by atoms with Crippen molar-refractivity contribution in [3.63, 3.8) is 0 Å². The van der Waals surface area contributed by atoms with Crippen LogP contribution in [0.25, 0.3) is 6.08 Å². The standard InChI is InChI=1S/C18H24N2O2/c1-3-4-13-20(2)17(21)12-7-14-5-8-15(9-6-14)18(22)19-16-10-11-16/h5-9,12,16H,3-4,10-11,13H2,1-2H3,(H,19,22). The molecule has 0 spiro atoms. The van der Waals surface area contributed by atoms with E-state index in [9.17, 15) is 9.59 Å². The van der Waals surface area contributed by atoms with Gasteiger partial charge < -0.3 is 10.2 Å². The maximum atomic E-state index is 11.9. The molecule has 1 aromatic rings. The van der Waals surface area contributed by atoms with Gasteiger partial charge in [0, 0.05) is 31.3 Å². The summed E-state index contributed by atoms with van der Waals surface area (Å²) in [5.74, 6) is -0.0163. The van der Waals surface area contributed by atoms with Crippen LogP contribution in [0.4, 0.5) is 0 Å². The monoisotopic (exact) mass is 300 g/mol. The van der Waals surface area contributed by atoms with Gasteiger partial charge in [-0.3, -0.25) is 9.59 Å². The highest BCUT2D eigenvalue weighted by atomic mass is 16.2. The van der Waals surface area contributed by atoms with E-state index in [1.807, 2.05) is 19.2 Å². The van der Waals surface area contributed by atoms with Crippen LogP contribution in [-0.2, 0) is 4.79 Å². The molecule has 1 aliphatic carbocycles. The van der Waals surface area contributed by atoms with Crippen molar-refractivity contribution in [1.29, 1.82) is 0 Å². The lowest BCUT2D eigenvalue weighted by Crippen LogP contribution is -2.25. The molecule has 0 aromatic heterocycles. The predicted octanol–water partition coefficient (Wildman–Crippen LogP) is 2.85. The molecular weight excluding hydrogens is 276 g/mol. The number of amides is 2. The third-order valence-corrected chi connectivity index (χ3v) is 3.73. The summed E-state index contributed by atoms with van der Waals surface area (Å²) >= 11 is 0. The molecule has 1 aromatic carbocycles. The molecule has 0 saturated heterocycles. The molecule has 0 radical (unpaired) electrons. The molecule has 0 bridgehead atoms. The lowest BCUT2D eigenvalue weighted by molar-refractivity contribution is -0.124. The van der Waals surface area contributed by atoms with E-state index >= 15 is 0 Å². The molecule has 1 fully saturated rings. The highest BCUT2D eigenvalue weighted by Crippen LogP contribution is 2.19. The van der Waals surface area contributed by atoms with Crippen molar-refractivity contribution in [2.24, 2.45) is 0 Å². The molecule has 4 nitrogen and oxygen atoms in total. The van der Waals surface area contributed by atoms with E-state index < -0.39 is 0 Å². The number of benzene rings is 1. The number of hydrogen-bond donors (Lipinski definition) is 1. The van der Waals surface area contributed by atoms with Gasteiger partial charge in [0.15, 0.2) is 0 Å². The second kappa shape index (κ2) is 7.78. The number of rotatable bonds is 7. The Hall–Kier alpha value is -2.10. The number of nitrogens with zero attached hydrogens (tertiary/aromatic N) is 1. The lowest BCUT2D eigenvalue weighted by atomic mass is 10.1. The van der Waals surface area contributed by atoms with Gasteiger partial charge in [-0.2, -0.15) is 0 Å². The van der Waals surface area contributed by atoms with E-state index in [4.69, 9.17) is 0 Å². The molecule has 2 amide bonds. The maximum absolute atomic E-state index is 11.9. The van der Waals surface area contributed by atoms with E-state index in [-0.39, 0.29) is 11.8 Å². The maximum Gasteiger partial charge on any atom is 0.251 e. The third-order valence-electron chi connectivity index (χ3n) is 3.73. The van der Waals surface area contributed by atoms with Crippen molar-refractivity contribution in [1.82, 2.24) is 10.2 Å². The number of carbonyl (C=O) groups excluding carboxylic acids is 2. The van der Waals surface area contributed by atoms with E-state index in [1.54, 1.807) is 29.2 Å². The van der Waals surface area contributed by atoms with Gasteiger partial charge in [0.2, 0.25) is 5.91 Å². The first kappa shape index (κ1) is 16.3. The van der Waals surface area contributed by atoms with E-state index in [0.717, 1.165) is 37.8 Å². The first-order valence-corrected chi connectivity index (χ1v) is 7.94.